The van der Waals surface area contributed by atoms with Gasteiger partial charge in [-0.15, -0.1) is 0 Å². The van der Waals surface area contributed by atoms with E-state index in [0.29, 0.717) is 6.42 Å². The van der Waals surface area contributed by atoms with Crippen LogP contribution in [0.15, 0.2) is 29.2 Å². The van der Waals surface area contributed by atoms with Crippen molar-refractivity contribution in [3.05, 3.63) is 30.1 Å². The topological polar surface area (TPSA) is 46.2 Å². The van der Waals surface area contributed by atoms with E-state index in [1.165, 1.54) is 18.2 Å². The number of hydrogen-bond donors (Lipinski definition) is 1. The lowest BCUT2D eigenvalue weighted by atomic mass is 10.3. The van der Waals surface area contributed by atoms with E-state index >= 15 is 0 Å². The van der Waals surface area contributed by atoms with Crippen molar-refractivity contribution in [2.24, 2.45) is 0 Å². The number of sulfone groups is 1. The van der Waals surface area contributed by atoms with Crippen molar-refractivity contribution >= 4 is 9.84 Å². The van der Waals surface area contributed by atoms with Crippen molar-refractivity contribution in [1.82, 2.24) is 5.32 Å². The fourth-order valence-electron chi connectivity index (χ4n) is 1.46. The molecule has 0 heterocycles. The molecule has 1 aromatic carbocycles. The van der Waals surface area contributed by atoms with Gasteiger partial charge in [0.25, 0.3) is 0 Å². The van der Waals surface area contributed by atoms with E-state index in [2.05, 4.69) is 5.32 Å². The van der Waals surface area contributed by atoms with Gasteiger partial charge in [0, 0.05) is 6.04 Å². The van der Waals surface area contributed by atoms with E-state index in [4.69, 9.17) is 0 Å². The highest BCUT2D eigenvalue weighted by Crippen LogP contribution is 2.16. The first-order chi connectivity index (χ1) is 7.51. The van der Waals surface area contributed by atoms with Gasteiger partial charge in [0.2, 0.25) is 0 Å². The van der Waals surface area contributed by atoms with Crippen molar-refractivity contribution in [1.29, 1.82) is 0 Å². The molecular weight excluding hydrogens is 229 g/mol. The first kappa shape index (κ1) is 13.1. The Morgan fingerprint density at radius 2 is 2.00 bits per heavy atom. The highest BCUT2D eigenvalue weighted by molar-refractivity contribution is 7.91. The fourth-order valence-corrected chi connectivity index (χ4v) is 3.22. The van der Waals surface area contributed by atoms with Crippen LogP contribution in [0, 0.1) is 5.82 Å². The summed E-state index contributed by atoms with van der Waals surface area (Å²) in [6.45, 7) is 1.89. The van der Waals surface area contributed by atoms with Crippen LogP contribution in [0.25, 0.3) is 0 Å². The molecular formula is C11H16FNO2S. The summed E-state index contributed by atoms with van der Waals surface area (Å²) in [6, 6.07) is 5.31. The SMILES string of the molecule is CCC(CS(=O)(=O)c1ccccc1F)NC. The zero-order chi connectivity index (χ0) is 12.2. The summed E-state index contributed by atoms with van der Waals surface area (Å²) >= 11 is 0. The molecule has 0 spiro atoms. The second-order valence-corrected chi connectivity index (χ2v) is 5.61. The van der Waals surface area contributed by atoms with Gasteiger partial charge >= 0.3 is 0 Å². The van der Waals surface area contributed by atoms with E-state index < -0.39 is 15.7 Å². The number of halogens is 1. The molecule has 16 heavy (non-hydrogen) atoms. The fraction of sp³-hybridized carbons (Fsp3) is 0.455. The first-order valence-corrected chi connectivity index (χ1v) is 6.81. The van der Waals surface area contributed by atoms with Gasteiger partial charge in [-0.25, -0.2) is 12.8 Å². The van der Waals surface area contributed by atoms with Crippen LogP contribution in [-0.4, -0.2) is 27.3 Å². The largest absolute Gasteiger partial charge is 0.316 e. The maximum absolute atomic E-state index is 13.3. The predicted molar refractivity (Wildman–Crippen MR) is 61.6 cm³/mol. The standard InChI is InChI=1S/C11H16FNO2S/c1-3-9(13-2)8-16(14,15)11-7-5-4-6-10(11)12/h4-7,9,13H,3,8H2,1-2H3. The van der Waals surface area contributed by atoms with Crippen LogP contribution in [-0.2, 0) is 9.84 Å². The Balaban J connectivity index is 2.99. The molecule has 3 nitrogen and oxygen atoms in total. The third-order valence-corrected chi connectivity index (χ3v) is 4.34. The molecule has 1 rings (SSSR count). The third kappa shape index (κ3) is 3.02. The zero-order valence-electron chi connectivity index (χ0n) is 9.40. The molecule has 0 aliphatic heterocycles. The zero-order valence-corrected chi connectivity index (χ0v) is 10.2. The van der Waals surface area contributed by atoms with Crippen molar-refractivity contribution in [2.75, 3.05) is 12.8 Å². The van der Waals surface area contributed by atoms with Gasteiger partial charge in [0.15, 0.2) is 9.84 Å². The second-order valence-electron chi connectivity index (χ2n) is 3.61. The summed E-state index contributed by atoms with van der Waals surface area (Å²) in [5.74, 6) is -0.769. The minimum absolute atomic E-state index is 0.0824. The molecule has 0 bridgehead atoms. The van der Waals surface area contributed by atoms with Crippen molar-refractivity contribution in [3.63, 3.8) is 0 Å². The van der Waals surface area contributed by atoms with Gasteiger partial charge in [0.1, 0.15) is 10.7 Å². The molecule has 0 radical (unpaired) electrons. The van der Waals surface area contributed by atoms with Crippen LogP contribution in [0.1, 0.15) is 13.3 Å². The lowest BCUT2D eigenvalue weighted by molar-refractivity contribution is 0.543. The van der Waals surface area contributed by atoms with Gasteiger partial charge < -0.3 is 5.32 Å². The van der Waals surface area contributed by atoms with Crippen molar-refractivity contribution in [2.45, 2.75) is 24.3 Å². The molecule has 0 fully saturated rings. The minimum Gasteiger partial charge on any atom is -0.316 e. The van der Waals surface area contributed by atoms with E-state index in [9.17, 15) is 12.8 Å². The summed E-state index contributed by atoms with van der Waals surface area (Å²) in [4.78, 5) is -0.219. The maximum Gasteiger partial charge on any atom is 0.182 e. The van der Waals surface area contributed by atoms with Crippen LogP contribution in [0.3, 0.4) is 0 Å². The minimum atomic E-state index is -3.55. The molecule has 0 aliphatic rings. The molecule has 0 saturated carbocycles. The smallest absolute Gasteiger partial charge is 0.182 e. The summed E-state index contributed by atoms with van der Waals surface area (Å²) in [7, 11) is -1.85. The van der Waals surface area contributed by atoms with Crippen molar-refractivity contribution < 1.29 is 12.8 Å². The van der Waals surface area contributed by atoms with Crippen LogP contribution in [0.2, 0.25) is 0 Å². The quantitative estimate of drug-likeness (QED) is 0.857. The monoisotopic (exact) mass is 245 g/mol. The van der Waals surface area contributed by atoms with Gasteiger partial charge in [0.05, 0.1) is 5.75 Å². The summed E-state index contributed by atoms with van der Waals surface area (Å²) in [5, 5.41) is 2.90. The highest BCUT2D eigenvalue weighted by atomic mass is 32.2. The number of benzene rings is 1. The highest BCUT2D eigenvalue weighted by Gasteiger charge is 2.22. The molecule has 1 unspecified atom stereocenters. The van der Waals surface area contributed by atoms with E-state index in [1.54, 1.807) is 7.05 Å². The Bertz CT molecular complexity index is 441. The van der Waals surface area contributed by atoms with Crippen LogP contribution in [0.4, 0.5) is 4.39 Å². The normalized spacial score (nSPS) is 13.7. The average molecular weight is 245 g/mol. The maximum atomic E-state index is 13.3. The number of hydrogen-bond acceptors (Lipinski definition) is 3. The van der Waals surface area contributed by atoms with Gasteiger partial charge in [-0.3, -0.25) is 0 Å². The Morgan fingerprint density at radius 1 is 1.38 bits per heavy atom. The molecule has 90 valence electrons. The summed E-state index contributed by atoms with van der Waals surface area (Å²) in [5.41, 5.74) is 0. The molecule has 0 aromatic heterocycles. The Labute approximate surface area is 95.6 Å². The van der Waals surface area contributed by atoms with Gasteiger partial charge in [-0.05, 0) is 25.6 Å². The molecule has 0 amide bonds. The van der Waals surface area contributed by atoms with E-state index in [-0.39, 0.29) is 16.7 Å². The van der Waals surface area contributed by atoms with Crippen molar-refractivity contribution in [3.8, 4) is 0 Å². The molecule has 1 atom stereocenters. The number of rotatable bonds is 5. The van der Waals surface area contributed by atoms with Gasteiger partial charge in [-0.1, -0.05) is 19.1 Å². The summed E-state index contributed by atoms with van der Waals surface area (Å²) < 4.78 is 37.1. The average Bonchev–Trinajstić information content (AvgIpc) is 2.26. The van der Waals surface area contributed by atoms with E-state index in [0.717, 1.165) is 6.07 Å². The van der Waals surface area contributed by atoms with Crippen LogP contribution in [0.5, 0.6) is 0 Å². The summed E-state index contributed by atoms with van der Waals surface area (Å²) in [6.07, 6.45) is 0.685. The predicted octanol–water partition coefficient (Wildman–Crippen LogP) is 1.60. The van der Waals surface area contributed by atoms with Gasteiger partial charge in [-0.2, -0.15) is 0 Å². The molecule has 1 aromatic rings. The Kier molecular flexibility index (Phi) is 4.44. The number of nitrogens with one attached hydrogen (secondary N) is 1. The van der Waals surface area contributed by atoms with Crippen LogP contribution < -0.4 is 5.32 Å². The second kappa shape index (κ2) is 5.41. The Hall–Kier alpha value is -0.940. The third-order valence-electron chi connectivity index (χ3n) is 2.49. The molecule has 0 aliphatic carbocycles. The molecule has 1 N–H and O–H groups in total. The Morgan fingerprint density at radius 3 is 2.50 bits per heavy atom. The van der Waals surface area contributed by atoms with Crippen LogP contribution >= 0.6 is 0 Å². The molecule has 0 saturated heterocycles. The first-order valence-electron chi connectivity index (χ1n) is 5.15. The lowest BCUT2D eigenvalue weighted by Gasteiger charge is -2.14. The molecule has 5 heteroatoms. The van der Waals surface area contributed by atoms with E-state index in [1.807, 2.05) is 6.92 Å². The lowest BCUT2D eigenvalue weighted by Crippen LogP contribution is -2.32.